The zero-order valence-corrected chi connectivity index (χ0v) is 23.8. The fourth-order valence-electron chi connectivity index (χ4n) is 9.26. The number of fused-ring (bicyclic) bond motifs is 5. The summed E-state index contributed by atoms with van der Waals surface area (Å²) in [6.45, 7) is 2.46. The Hall–Kier alpha value is -2.07. The molecule has 8 nitrogen and oxygen atoms in total. The monoisotopic (exact) mass is 600 g/mol. The third kappa shape index (κ3) is 4.06. The molecule has 6 rings (SSSR count). The summed E-state index contributed by atoms with van der Waals surface area (Å²) < 4.78 is 6.02. The number of amides is 1. The fraction of sp³-hybridized carbons (Fsp3) is 0.633. The van der Waals surface area contributed by atoms with Crippen molar-refractivity contribution in [2.75, 3.05) is 6.61 Å². The van der Waals surface area contributed by atoms with E-state index in [1.165, 1.54) is 0 Å². The number of hydrogen-bond donors (Lipinski definition) is 4. The molecule has 0 saturated heterocycles. The molecule has 1 aliphatic heterocycles. The van der Waals surface area contributed by atoms with Crippen LogP contribution in [0.2, 0.25) is 0 Å². The molecule has 210 valence electrons. The van der Waals surface area contributed by atoms with Gasteiger partial charge in [-0.1, -0.05) is 28.9 Å². The average molecular weight is 602 g/mol. The van der Waals surface area contributed by atoms with Crippen LogP contribution in [0.15, 0.2) is 45.5 Å². The van der Waals surface area contributed by atoms with E-state index in [1.54, 1.807) is 30.5 Å². The summed E-state index contributed by atoms with van der Waals surface area (Å²) in [5, 5.41) is 39.6. The predicted octanol–water partition coefficient (Wildman–Crippen LogP) is 3.88. The lowest BCUT2D eigenvalue weighted by atomic mass is 9.41. The molecule has 1 aromatic carbocycles. The van der Waals surface area contributed by atoms with Crippen LogP contribution >= 0.6 is 15.9 Å². The van der Waals surface area contributed by atoms with E-state index in [4.69, 9.17) is 4.74 Å². The van der Waals surface area contributed by atoms with Gasteiger partial charge < -0.3 is 20.1 Å². The molecule has 39 heavy (non-hydrogen) atoms. The number of halogens is 1. The Morgan fingerprint density at radius 3 is 2.67 bits per heavy atom. The molecule has 0 bridgehead atoms. The van der Waals surface area contributed by atoms with Crippen LogP contribution in [0.4, 0.5) is 0 Å². The number of hydrogen-bond acceptors (Lipinski definition) is 7. The van der Waals surface area contributed by atoms with E-state index in [2.05, 4.69) is 33.4 Å². The number of nitrogens with one attached hydrogen (secondary N) is 1. The fourth-order valence-corrected chi connectivity index (χ4v) is 9.66. The van der Waals surface area contributed by atoms with Gasteiger partial charge in [0.25, 0.3) is 5.91 Å². The molecule has 0 radical (unpaired) electrons. The topological polar surface area (TPSA) is 128 Å². The number of esters is 1. The second kappa shape index (κ2) is 9.50. The quantitative estimate of drug-likeness (QED) is 0.236. The maximum absolute atomic E-state index is 12.8. The van der Waals surface area contributed by atoms with E-state index < -0.39 is 28.1 Å². The summed E-state index contributed by atoms with van der Waals surface area (Å²) in [6, 6.07) is 7.06. The van der Waals surface area contributed by atoms with Gasteiger partial charge in [0.1, 0.15) is 6.61 Å². The SMILES string of the molecule is CC12CC[C@H]3[C@@H](CCC4(O)C[C@H](O)CCC34C=NNC(=O)c3cccc(Br)c3)C1(O)CCC2C1=CC(=O)OC1. The Labute approximate surface area is 237 Å². The zero-order chi connectivity index (χ0) is 27.6. The van der Waals surface area contributed by atoms with Crippen LogP contribution in [-0.2, 0) is 9.53 Å². The molecule has 5 unspecified atom stereocenters. The maximum atomic E-state index is 12.8. The smallest absolute Gasteiger partial charge is 0.331 e. The number of cyclic esters (lactones) is 1. The van der Waals surface area contributed by atoms with Gasteiger partial charge in [-0.2, -0.15) is 5.10 Å². The molecule has 4 saturated carbocycles. The first-order valence-corrected chi connectivity index (χ1v) is 14.9. The lowest BCUT2D eigenvalue weighted by molar-refractivity contribution is -0.237. The van der Waals surface area contributed by atoms with E-state index >= 15 is 0 Å². The van der Waals surface area contributed by atoms with Crippen LogP contribution in [0, 0.1) is 28.6 Å². The van der Waals surface area contributed by atoms with Crippen molar-refractivity contribution in [1.82, 2.24) is 5.43 Å². The largest absolute Gasteiger partial charge is 0.458 e. The third-order valence-corrected chi connectivity index (χ3v) is 11.7. The van der Waals surface area contributed by atoms with Gasteiger partial charge in [0.2, 0.25) is 0 Å². The van der Waals surface area contributed by atoms with Gasteiger partial charge in [-0.3, -0.25) is 4.79 Å². The minimum atomic E-state index is -1.17. The van der Waals surface area contributed by atoms with Crippen molar-refractivity contribution >= 4 is 34.0 Å². The van der Waals surface area contributed by atoms with Crippen LogP contribution in [-0.4, -0.2) is 57.3 Å². The molecule has 5 aliphatic rings. The van der Waals surface area contributed by atoms with Gasteiger partial charge in [0.05, 0.1) is 17.3 Å². The predicted molar refractivity (Wildman–Crippen MR) is 148 cm³/mol. The number of carbonyl (C=O) groups is 2. The number of rotatable bonds is 4. The number of aliphatic hydroxyl groups excluding tert-OH is 1. The van der Waals surface area contributed by atoms with Crippen molar-refractivity contribution < 1.29 is 29.6 Å². The minimum absolute atomic E-state index is 0.0532. The minimum Gasteiger partial charge on any atom is -0.458 e. The second-order valence-corrected chi connectivity index (χ2v) is 13.6. The summed E-state index contributed by atoms with van der Waals surface area (Å²) in [5.74, 6) is -0.685. The lowest BCUT2D eigenvalue weighted by Crippen LogP contribution is -2.68. The molecule has 4 aliphatic carbocycles. The summed E-state index contributed by atoms with van der Waals surface area (Å²) in [5.41, 5.74) is 0.808. The standard InChI is InChI=1S/C30H37BrN2O6/c1-27-9-6-23-24(30(27,38)12-8-22(27)19-14-25(35)39-16-19)7-11-29(37)15-21(34)5-10-28(23,29)17-32-33-26(36)18-3-2-4-20(31)13-18/h2-4,13-14,17,21-24,34,37-38H,5-12,15-16H2,1H3,(H,33,36)/t21-,22?,23+,24-,27?,28?,29?,30?/m1/s1. The van der Waals surface area contributed by atoms with Gasteiger partial charge in [0, 0.05) is 39.6 Å². The number of hydrazone groups is 1. The second-order valence-electron chi connectivity index (χ2n) is 12.7. The van der Waals surface area contributed by atoms with Crippen LogP contribution in [0.5, 0.6) is 0 Å². The summed E-state index contributed by atoms with van der Waals surface area (Å²) in [4.78, 5) is 24.7. The van der Waals surface area contributed by atoms with Gasteiger partial charge in [-0.05, 0) is 92.9 Å². The highest BCUT2D eigenvalue weighted by atomic mass is 79.9. The lowest BCUT2D eigenvalue weighted by Gasteiger charge is -2.65. The van der Waals surface area contributed by atoms with E-state index in [1.807, 2.05) is 6.07 Å². The Kier molecular flexibility index (Phi) is 6.61. The number of nitrogens with zero attached hydrogens (tertiary/aromatic N) is 1. The van der Waals surface area contributed by atoms with Gasteiger partial charge in [-0.15, -0.1) is 0 Å². The molecule has 4 fully saturated rings. The van der Waals surface area contributed by atoms with Crippen molar-refractivity contribution in [3.05, 3.63) is 46.0 Å². The Morgan fingerprint density at radius 1 is 1.13 bits per heavy atom. The number of aliphatic hydroxyl groups is 3. The summed E-state index contributed by atoms with van der Waals surface area (Å²) in [6.07, 6.45) is 8.13. The van der Waals surface area contributed by atoms with Crippen LogP contribution < -0.4 is 5.43 Å². The average Bonchev–Trinajstić information content (AvgIpc) is 3.43. The molecule has 1 heterocycles. The van der Waals surface area contributed by atoms with E-state index in [0.717, 1.165) is 29.3 Å². The van der Waals surface area contributed by atoms with Crippen LogP contribution in [0.25, 0.3) is 0 Å². The molecule has 4 N–H and O–H groups in total. The highest BCUT2D eigenvalue weighted by Crippen LogP contribution is 2.70. The number of carbonyl (C=O) groups excluding carboxylic acids is 2. The van der Waals surface area contributed by atoms with Crippen LogP contribution in [0.1, 0.15) is 75.1 Å². The van der Waals surface area contributed by atoms with Crippen LogP contribution in [0.3, 0.4) is 0 Å². The molecule has 8 atom stereocenters. The normalized spacial score (nSPS) is 43.3. The zero-order valence-electron chi connectivity index (χ0n) is 22.2. The molecule has 0 aromatic heterocycles. The molecule has 9 heteroatoms. The number of benzene rings is 1. The van der Waals surface area contributed by atoms with Gasteiger partial charge >= 0.3 is 5.97 Å². The first-order chi connectivity index (χ1) is 18.5. The molecular weight excluding hydrogens is 564 g/mol. The molecule has 1 amide bonds. The van der Waals surface area contributed by atoms with Crippen molar-refractivity contribution in [2.24, 2.45) is 33.7 Å². The van der Waals surface area contributed by atoms with Gasteiger partial charge in [-0.25, -0.2) is 10.2 Å². The summed E-state index contributed by atoms with van der Waals surface area (Å²) in [7, 11) is 0. The van der Waals surface area contributed by atoms with Crippen molar-refractivity contribution in [2.45, 2.75) is 82.0 Å². The summed E-state index contributed by atoms with van der Waals surface area (Å²) >= 11 is 3.39. The van der Waals surface area contributed by atoms with Crippen molar-refractivity contribution in [1.29, 1.82) is 0 Å². The van der Waals surface area contributed by atoms with E-state index in [-0.39, 0.29) is 36.1 Å². The maximum Gasteiger partial charge on any atom is 0.331 e. The molecular formula is C30H37BrN2O6. The Bertz CT molecular complexity index is 1250. The van der Waals surface area contributed by atoms with Gasteiger partial charge in [0.15, 0.2) is 0 Å². The first kappa shape index (κ1) is 27.1. The highest BCUT2D eigenvalue weighted by molar-refractivity contribution is 9.10. The molecule has 0 spiro atoms. The van der Waals surface area contributed by atoms with E-state index in [9.17, 15) is 24.9 Å². The van der Waals surface area contributed by atoms with E-state index in [0.29, 0.717) is 44.3 Å². The first-order valence-electron chi connectivity index (χ1n) is 14.1. The highest BCUT2D eigenvalue weighted by Gasteiger charge is 2.71. The Balaban J connectivity index is 1.32. The third-order valence-electron chi connectivity index (χ3n) is 11.2. The van der Waals surface area contributed by atoms with Crippen molar-refractivity contribution in [3.63, 3.8) is 0 Å². The Morgan fingerprint density at radius 2 is 1.92 bits per heavy atom. The van der Waals surface area contributed by atoms with Crippen molar-refractivity contribution in [3.8, 4) is 0 Å². The number of ether oxygens (including phenoxy) is 1. The molecule has 1 aromatic rings.